The molecule has 2 heterocycles. The van der Waals surface area contributed by atoms with E-state index < -0.39 is 0 Å². The lowest BCUT2D eigenvalue weighted by molar-refractivity contribution is 0.915. The Morgan fingerprint density at radius 3 is 2.79 bits per heavy atom. The molecule has 0 fully saturated rings. The minimum atomic E-state index is 0.836. The van der Waals surface area contributed by atoms with E-state index in [0.717, 1.165) is 33.4 Å². The highest BCUT2D eigenvalue weighted by atomic mass is 79.9. The van der Waals surface area contributed by atoms with Gasteiger partial charge in [-0.05, 0) is 29.3 Å². The van der Waals surface area contributed by atoms with E-state index in [2.05, 4.69) is 32.8 Å². The molecule has 0 bridgehead atoms. The number of rotatable bonds is 1. The Morgan fingerprint density at radius 1 is 1.43 bits per heavy atom. The molecule has 0 spiro atoms. The molecule has 2 rings (SSSR count). The SMILES string of the molecule is CCc1nc(C)nc2c1c(Br)cn2C. The molecule has 0 N–H and O–H groups in total. The summed E-state index contributed by atoms with van der Waals surface area (Å²) in [5.74, 6) is 0.836. The molecule has 0 aliphatic carbocycles. The normalized spacial score (nSPS) is 11.1. The average molecular weight is 254 g/mol. The van der Waals surface area contributed by atoms with Crippen LogP contribution in [-0.4, -0.2) is 14.5 Å². The molecule has 0 saturated heterocycles. The van der Waals surface area contributed by atoms with E-state index in [0.29, 0.717) is 0 Å². The lowest BCUT2D eigenvalue weighted by atomic mass is 10.2. The zero-order chi connectivity index (χ0) is 10.3. The van der Waals surface area contributed by atoms with Crippen LogP contribution >= 0.6 is 15.9 Å². The Morgan fingerprint density at radius 2 is 2.14 bits per heavy atom. The molecule has 74 valence electrons. The van der Waals surface area contributed by atoms with Crippen molar-refractivity contribution in [2.24, 2.45) is 7.05 Å². The van der Waals surface area contributed by atoms with Crippen molar-refractivity contribution in [3.8, 4) is 0 Å². The van der Waals surface area contributed by atoms with E-state index in [1.54, 1.807) is 0 Å². The summed E-state index contributed by atoms with van der Waals surface area (Å²) >= 11 is 3.53. The maximum absolute atomic E-state index is 4.44. The Bertz CT molecular complexity index is 488. The highest BCUT2D eigenvalue weighted by Gasteiger charge is 2.11. The van der Waals surface area contributed by atoms with Crippen molar-refractivity contribution < 1.29 is 0 Å². The number of aryl methyl sites for hydroxylation is 3. The number of nitrogens with zero attached hydrogens (tertiary/aromatic N) is 3. The van der Waals surface area contributed by atoms with Crippen LogP contribution in [0.3, 0.4) is 0 Å². The second-order valence-corrected chi connectivity index (χ2v) is 4.21. The summed E-state index contributed by atoms with van der Waals surface area (Å²) in [6, 6.07) is 0. The molecule has 14 heavy (non-hydrogen) atoms. The van der Waals surface area contributed by atoms with Gasteiger partial charge in [0.05, 0.1) is 11.1 Å². The molecule has 0 amide bonds. The van der Waals surface area contributed by atoms with E-state index >= 15 is 0 Å². The van der Waals surface area contributed by atoms with Crippen molar-refractivity contribution in [1.29, 1.82) is 0 Å². The Labute approximate surface area is 91.3 Å². The summed E-state index contributed by atoms with van der Waals surface area (Å²) in [4.78, 5) is 8.87. The van der Waals surface area contributed by atoms with Gasteiger partial charge in [0.25, 0.3) is 0 Å². The van der Waals surface area contributed by atoms with Gasteiger partial charge in [-0.1, -0.05) is 6.92 Å². The average Bonchev–Trinajstić information content (AvgIpc) is 2.41. The van der Waals surface area contributed by atoms with E-state index in [9.17, 15) is 0 Å². The van der Waals surface area contributed by atoms with Crippen molar-refractivity contribution in [1.82, 2.24) is 14.5 Å². The third-order valence-electron chi connectivity index (χ3n) is 2.29. The van der Waals surface area contributed by atoms with Gasteiger partial charge in [-0.25, -0.2) is 9.97 Å². The fraction of sp³-hybridized carbons (Fsp3) is 0.400. The number of halogens is 1. The zero-order valence-corrected chi connectivity index (χ0v) is 10.1. The first-order valence-corrected chi connectivity index (χ1v) is 5.40. The van der Waals surface area contributed by atoms with Crippen LogP contribution < -0.4 is 0 Å². The molecule has 0 radical (unpaired) electrons. The zero-order valence-electron chi connectivity index (χ0n) is 8.50. The Balaban J connectivity index is 2.90. The topological polar surface area (TPSA) is 30.7 Å². The van der Waals surface area contributed by atoms with Gasteiger partial charge < -0.3 is 4.57 Å². The maximum Gasteiger partial charge on any atom is 0.144 e. The highest BCUT2D eigenvalue weighted by Crippen LogP contribution is 2.26. The minimum Gasteiger partial charge on any atom is -0.334 e. The third kappa shape index (κ3) is 1.34. The highest BCUT2D eigenvalue weighted by molar-refractivity contribution is 9.10. The van der Waals surface area contributed by atoms with Crippen molar-refractivity contribution in [2.75, 3.05) is 0 Å². The summed E-state index contributed by atoms with van der Waals surface area (Å²) in [5.41, 5.74) is 2.11. The van der Waals surface area contributed by atoms with Crippen molar-refractivity contribution in [2.45, 2.75) is 20.3 Å². The van der Waals surface area contributed by atoms with Crippen LogP contribution in [0.5, 0.6) is 0 Å². The summed E-state index contributed by atoms with van der Waals surface area (Å²) in [5, 5.41) is 1.14. The van der Waals surface area contributed by atoms with Crippen LogP contribution in [0.2, 0.25) is 0 Å². The molecule has 4 heteroatoms. The van der Waals surface area contributed by atoms with Gasteiger partial charge in [-0.3, -0.25) is 0 Å². The fourth-order valence-electron chi connectivity index (χ4n) is 1.67. The van der Waals surface area contributed by atoms with Gasteiger partial charge in [-0.15, -0.1) is 0 Å². The lowest BCUT2D eigenvalue weighted by Crippen LogP contribution is -1.97. The maximum atomic E-state index is 4.44. The van der Waals surface area contributed by atoms with Crippen LogP contribution in [0.1, 0.15) is 18.4 Å². The first-order valence-electron chi connectivity index (χ1n) is 4.61. The largest absolute Gasteiger partial charge is 0.334 e. The summed E-state index contributed by atoms with van der Waals surface area (Å²) in [6.45, 7) is 4.04. The molecule has 2 aromatic heterocycles. The molecule has 2 aromatic rings. The first-order chi connectivity index (χ1) is 6.63. The monoisotopic (exact) mass is 253 g/mol. The summed E-state index contributed by atoms with van der Waals surface area (Å²) < 4.78 is 3.10. The molecule has 3 nitrogen and oxygen atoms in total. The smallest absolute Gasteiger partial charge is 0.144 e. The summed E-state index contributed by atoms with van der Waals surface area (Å²) in [7, 11) is 2.00. The van der Waals surface area contributed by atoms with Crippen LogP contribution in [-0.2, 0) is 13.5 Å². The molecular weight excluding hydrogens is 242 g/mol. The Hall–Kier alpha value is -0.900. The van der Waals surface area contributed by atoms with Crippen LogP contribution in [0.15, 0.2) is 10.7 Å². The summed E-state index contributed by atoms with van der Waals surface area (Å²) in [6.07, 6.45) is 2.96. The molecule has 0 aliphatic heterocycles. The molecular formula is C10H12BrN3. The van der Waals surface area contributed by atoms with Gasteiger partial charge in [-0.2, -0.15) is 0 Å². The van der Waals surface area contributed by atoms with Crippen molar-refractivity contribution >= 4 is 27.0 Å². The van der Waals surface area contributed by atoms with Crippen LogP contribution in [0, 0.1) is 6.92 Å². The lowest BCUT2D eigenvalue weighted by Gasteiger charge is -2.02. The fourth-order valence-corrected chi connectivity index (χ4v) is 2.38. The van der Waals surface area contributed by atoms with E-state index in [-0.39, 0.29) is 0 Å². The quantitative estimate of drug-likeness (QED) is 0.783. The second kappa shape index (κ2) is 3.35. The third-order valence-corrected chi connectivity index (χ3v) is 2.89. The van der Waals surface area contributed by atoms with E-state index in [4.69, 9.17) is 0 Å². The number of hydrogen-bond acceptors (Lipinski definition) is 2. The molecule has 0 atom stereocenters. The molecule has 0 unspecified atom stereocenters. The van der Waals surface area contributed by atoms with Gasteiger partial charge in [0.1, 0.15) is 11.5 Å². The van der Waals surface area contributed by atoms with Crippen molar-refractivity contribution in [3.05, 3.63) is 22.2 Å². The van der Waals surface area contributed by atoms with Gasteiger partial charge in [0, 0.05) is 17.7 Å². The van der Waals surface area contributed by atoms with Crippen molar-refractivity contribution in [3.63, 3.8) is 0 Å². The van der Waals surface area contributed by atoms with Crippen LogP contribution in [0.25, 0.3) is 11.0 Å². The molecule has 0 aliphatic rings. The van der Waals surface area contributed by atoms with Crippen LogP contribution in [0.4, 0.5) is 0 Å². The minimum absolute atomic E-state index is 0.836. The molecule has 0 saturated carbocycles. The predicted molar refractivity (Wildman–Crippen MR) is 60.3 cm³/mol. The van der Waals surface area contributed by atoms with Gasteiger partial charge >= 0.3 is 0 Å². The second-order valence-electron chi connectivity index (χ2n) is 3.36. The Kier molecular flexibility index (Phi) is 2.31. The van der Waals surface area contributed by atoms with E-state index in [1.807, 2.05) is 24.7 Å². The number of hydrogen-bond donors (Lipinski definition) is 0. The number of aromatic nitrogens is 3. The standard InChI is InChI=1S/C10H12BrN3/c1-4-8-9-7(11)5-14(3)10(9)13-6(2)12-8/h5H,4H2,1-3H3. The van der Waals surface area contributed by atoms with Gasteiger partial charge in [0.15, 0.2) is 0 Å². The predicted octanol–water partition coefficient (Wildman–Crippen LogP) is 2.60. The van der Waals surface area contributed by atoms with E-state index in [1.165, 1.54) is 0 Å². The molecule has 0 aromatic carbocycles. The number of fused-ring (bicyclic) bond motifs is 1. The van der Waals surface area contributed by atoms with Gasteiger partial charge in [0.2, 0.25) is 0 Å². The first kappa shape index (κ1) is 9.65.